The van der Waals surface area contributed by atoms with Crippen LogP contribution in [0.5, 0.6) is 0 Å². The van der Waals surface area contributed by atoms with Gasteiger partial charge in [-0.05, 0) is 30.3 Å². The number of carbonyl (C=O) groups excluding carboxylic acids is 1. The van der Waals surface area contributed by atoms with Crippen LogP contribution in [0.2, 0.25) is 0 Å². The fourth-order valence-corrected chi connectivity index (χ4v) is 4.04. The van der Waals surface area contributed by atoms with Crippen LogP contribution in [0.4, 0.5) is 0 Å². The average Bonchev–Trinajstić information content (AvgIpc) is 3.18. The average molecular weight is 390 g/mol. The predicted octanol–water partition coefficient (Wildman–Crippen LogP) is 2.37. The fourth-order valence-electron chi connectivity index (χ4n) is 4.04. The summed E-state index contributed by atoms with van der Waals surface area (Å²) in [6, 6.07) is 19.4. The minimum Gasteiger partial charge on any atom is -0.385 e. The van der Waals surface area contributed by atoms with Crippen molar-refractivity contribution in [2.75, 3.05) is 33.2 Å². The van der Waals surface area contributed by atoms with Gasteiger partial charge in [-0.3, -0.25) is 9.48 Å². The van der Waals surface area contributed by atoms with E-state index in [1.165, 1.54) is 0 Å². The molecule has 0 spiro atoms. The van der Waals surface area contributed by atoms with E-state index < -0.39 is 5.60 Å². The Morgan fingerprint density at radius 2 is 1.79 bits per heavy atom. The third kappa shape index (κ3) is 4.39. The summed E-state index contributed by atoms with van der Waals surface area (Å²) < 4.78 is 1.72. The van der Waals surface area contributed by atoms with E-state index in [-0.39, 0.29) is 12.5 Å². The molecule has 1 amide bonds. The molecule has 150 valence electrons. The first kappa shape index (κ1) is 19.4. The maximum absolute atomic E-state index is 13.5. The molecule has 1 fully saturated rings. The Morgan fingerprint density at radius 3 is 2.55 bits per heavy atom. The van der Waals surface area contributed by atoms with Crippen molar-refractivity contribution in [1.29, 1.82) is 0 Å². The van der Waals surface area contributed by atoms with E-state index >= 15 is 0 Å². The predicted molar refractivity (Wildman–Crippen MR) is 112 cm³/mol. The standard InChI is InChI=1S/C23H26N4O2/c1-25-14-15-26(17-23(29,16-25)18-27-13-7-12-24-27)22(28)21-11-6-5-10-20(21)19-8-3-2-4-9-19/h2-13,29H,14-18H2,1H3/t23-/m1/s1. The molecule has 29 heavy (non-hydrogen) atoms. The fraction of sp³-hybridized carbons (Fsp3) is 0.304. The molecule has 4 rings (SSSR count). The quantitative estimate of drug-likeness (QED) is 0.743. The number of nitrogens with zero attached hydrogens (tertiary/aromatic N) is 4. The molecular weight excluding hydrogens is 364 g/mol. The summed E-state index contributed by atoms with van der Waals surface area (Å²) in [5, 5.41) is 15.6. The number of β-amino-alcohol motifs (C(OH)–C–C–N with tert-alkyl or cyclic N) is 1. The molecule has 1 aliphatic heterocycles. The highest BCUT2D eigenvalue weighted by molar-refractivity contribution is 6.01. The summed E-state index contributed by atoms with van der Waals surface area (Å²) in [6.07, 6.45) is 3.53. The van der Waals surface area contributed by atoms with E-state index in [1.54, 1.807) is 15.8 Å². The number of aromatic nitrogens is 2. The molecule has 1 atom stereocenters. The van der Waals surface area contributed by atoms with Gasteiger partial charge in [0.1, 0.15) is 5.60 Å². The zero-order valence-electron chi connectivity index (χ0n) is 16.6. The summed E-state index contributed by atoms with van der Waals surface area (Å²) in [4.78, 5) is 17.4. The lowest BCUT2D eigenvalue weighted by Gasteiger charge is -2.32. The van der Waals surface area contributed by atoms with E-state index in [9.17, 15) is 9.90 Å². The van der Waals surface area contributed by atoms with Crippen molar-refractivity contribution < 1.29 is 9.90 Å². The van der Waals surface area contributed by atoms with Crippen molar-refractivity contribution >= 4 is 5.91 Å². The molecule has 6 heteroatoms. The summed E-state index contributed by atoms with van der Waals surface area (Å²) in [5.74, 6) is -0.0568. The molecule has 0 saturated carbocycles. The van der Waals surface area contributed by atoms with Crippen molar-refractivity contribution in [1.82, 2.24) is 19.6 Å². The van der Waals surface area contributed by atoms with Crippen LogP contribution in [-0.2, 0) is 6.54 Å². The molecule has 0 unspecified atom stereocenters. The van der Waals surface area contributed by atoms with Crippen molar-refractivity contribution in [3.05, 3.63) is 78.6 Å². The zero-order valence-corrected chi connectivity index (χ0v) is 16.6. The van der Waals surface area contributed by atoms with Gasteiger partial charge >= 0.3 is 0 Å². The molecule has 3 aromatic rings. The highest BCUT2D eigenvalue weighted by Crippen LogP contribution is 2.26. The number of hydrogen-bond acceptors (Lipinski definition) is 4. The van der Waals surface area contributed by atoms with Crippen LogP contribution in [0.3, 0.4) is 0 Å². The highest BCUT2D eigenvalue weighted by atomic mass is 16.3. The molecule has 1 aromatic heterocycles. The minimum atomic E-state index is -1.07. The van der Waals surface area contributed by atoms with Gasteiger partial charge in [0.05, 0.1) is 13.1 Å². The number of likely N-dealkylation sites (N-methyl/N-ethyl adjacent to an activating group) is 1. The van der Waals surface area contributed by atoms with Crippen LogP contribution in [0.1, 0.15) is 10.4 Å². The molecule has 6 nitrogen and oxygen atoms in total. The van der Waals surface area contributed by atoms with Crippen LogP contribution < -0.4 is 0 Å². The second-order valence-electron chi connectivity index (χ2n) is 7.80. The summed E-state index contributed by atoms with van der Waals surface area (Å²) in [5.41, 5.74) is 1.50. The lowest BCUT2D eigenvalue weighted by Crippen LogP contribution is -2.50. The first-order valence-corrected chi connectivity index (χ1v) is 9.86. The maximum atomic E-state index is 13.5. The Morgan fingerprint density at radius 1 is 1.03 bits per heavy atom. The Hall–Kier alpha value is -2.96. The van der Waals surface area contributed by atoms with E-state index in [2.05, 4.69) is 10.00 Å². The Balaban J connectivity index is 1.63. The number of rotatable bonds is 4. The van der Waals surface area contributed by atoms with Crippen LogP contribution in [0, 0.1) is 0 Å². The molecular formula is C23H26N4O2. The van der Waals surface area contributed by atoms with Gasteiger partial charge in [-0.25, -0.2) is 0 Å². The second kappa shape index (κ2) is 8.19. The van der Waals surface area contributed by atoms with Gasteiger partial charge in [-0.2, -0.15) is 5.10 Å². The molecule has 1 saturated heterocycles. The van der Waals surface area contributed by atoms with Crippen molar-refractivity contribution in [3.8, 4) is 11.1 Å². The maximum Gasteiger partial charge on any atom is 0.254 e. The normalized spacial score (nSPS) is 20.4. The first-order chi connectivity index (χ1) is 14.0. The van der Waals surface area contributed by atoms with Crippen LogP contribution in [-0.4, -0.2) is 69.4 Å². The lowest BCUT2D eigenvalue weighted by molar-refractivity contribution is -0.0136. The second-order valence-corrected chi connectivity index (χ2v) is 7.80. The van der Waals surface area contributed by atoms with Crippen LogP contribution in [0.15, 0.2) is 73.1 Å². The Labute approximate surface area is 171 Å². The molecule has 0 bridgehead atoms. The van der Waals surface area contributed by atoms with Gasteiger partial charge in [0.15, 0.2) is 0 Å². The van der Waals surface area contributed by atoms with E-state index in [1.807, 2.05) is 73.9 Å². The molecule has 0 aliphatic carbocycles. The van der Waals surface area contributed by atoms with E-state index in [0.717, 1.165) is 11.1 Å². The molecule has 1 aliphatic rings. The van der Waals surface area contributed by atoms with Crippen molar-refractivity contribution in [2.24, 2.45) is 0 Å². The largest absolute Gasteiger partial charge is 0.385 e. The van der Waals surface area contributed by atoms with E-state index in [4.69, 9.17) is 0 Å². The zero-order chi connectivity index (χ0) is 20.3. The van der Waals surface area contributed by atoms with Gasteiger partial charge in [0.2, 0.25) is 0 Å². The van der Waals surface area contributed by atoms with Gasteiger partial charge in [0, 0.05) is 37.6 Å². The van der Waals surface area contributed by atoms with Crippen LogP contribution in [0.25, 0.3) is 11.1 Å². The number of carbonyl (C=O) groups is 1. The molecule has 2 heterocycles. The third-order valence-corrected chi connectivity index (χ3v) is 5.35. The Bertz CT molecular complexity index is 958. The van der Waals surface area contributed by atoms with Gasteiger partial charge < -0.3 is 14.9 Å². The van der Waals surface area contributed by atoms with Gasteiger partial charge in [-0.1, -0.05) is 48.5 Å². The topological polar surface area (TPSA) is 61.6 Å². The monoisotopic (exact) mass is 390 g/mol. The molecule has 1 N–H and O–H groups in total. The SMILES string of the molecule is CN1CCN(C(=O)c2ccccc2-c2ccccc2)C[C@@](O)(Cn2cccn2)C1. The van der Waals surface area contributed by atoms with Crippen LogP contribution >= 0.6 is 0 Å². The third-order valence-electron chi connectivity index (χ3n) is 5.35. The highest BCUT2D eigenvalue weighted by Gasteiger charge is 2.36. The lowest BCUT2D eigenvalue weighted by atomic mass is 9.98. The number of benzene rings is 2. The smallest absolute Gasteiger partial charge is 0.254 e. The number of amides is 1. The number of hydrogen-bond donors (Lipinski definition) is 1. The summed E-state index contributed by atoms with van der Waals surface area (Å²) in [7, 11) is 1.97. The van der Waals surface area contributed by atoms with Gasteiger partial charge in [-0.15, -0.1) is 0 Å². The summed E-state index contributed by atoms with van der Waals surface area (Å²) >= 11 is 0. The Kier molecular flexibility index (Phi) is 5.47. The van der Waals surface area contributed by atoms with Crippen molar-refractivity contribution in [3.63, 3.8) is 0 Å². The number of aliphatic hydroxyl groups is 1. The molecule has 0 radical (unpaired) electrons. The summed E-state index contributed by atoms with van der Waals surface area (Å²) in [6.45, 7) is 2.37. The van der Waals surface area contributed by atoms with E-state index in [0.29, 0.717) is 31.7 Å². The minimum absolute atomic E-state index is 0.0568. The first-order valence-electron chi connectivity index (χ1n) is 9.86. The van der Waals surface area contributed by atoms with Gasteiger partial charge in [0.25, 0.3) is 5.91 Å². The van der Waals surface area contributed by atoms with Crippen molar-refractivity contribution in [2.45, 2.75) is 12.1 Å². The molecule has 2 aromatic carbocycles.